The lowest BCUT2D eigenvalue weighted by Gasteiger charge is -2.62. The van der Waals surface area contributed by atoms with Gasteiger partial charge in [0.1, 0.15) is 12.6 Å². The number of aromatic nitrogens is 2. The zero-order chi connectivity index (χ0) is 31.2. The van der Waals surface area contributed by atoms with Gasteiger partial charge in [-0.2, -0.15) is 0 Å². The predicted molar refractivity (Wildman–Crippen MR) is 181 cm³/mol. The van der Waals surface area contributed by atoms with E-state index in [9.17, 15) is 9.90 Å². The van der Waals surface area contributed by atoms with Crippen molar-refractivity contribution < 1.29 is 14.6 Å². The van der Waals surface area contributed by atoms with Gasteiger partial charge in [-0.25, -0.2) is 4.98 Å². The number of anilines is 1. The second-order valence-corrected chi connectivity index (χ2v) is 15.7. The Bertz CT molecular complexity index is 1600. The molecule has 0 aliphatic heterocycles. The second-order valence-electron chi connectivity index (χ2n) is 14.5. The first-order chi connectivity index (χ1) is 21.7. The fourth-order valence-electron chi connectivity index (χ4n) is 9.74. The molecule has 1 heterocycles. The van der Waals surface area contributed by atoms with Gasteiger partial charge in [-0.3, -0.25) is 4.79 Å². The van der Waals surface area contributed by atoms with Crippen molar-refractivity contribution in [3.63, 3.8) is 0 Å². The monoisotopic (exact) mass is 625 g/mol. The molecule has 3 fully saturated rings. The smallest absolute Gasteiger partial charge is 0.325 e. The number of fused-ring (bicyclic) bond motifs is 6. The molecule has 0 spiro atoms. The maximum Gasteiger partial charge on any atom is 0.325 e. The number of nitrogens with zero attached hydrogens (tertiary/aromatic N) is 1. The van der Waals surface area contributed by atoms with E-state index < -0.39 is 5.60 Å². The maximum atomic E-state index is 12.9. The van der Waals surface area contributed by atoms with Crippen molar-refractivity contribution in [3.05, 3.63) is 72.8 Å². The second kappa shape index (κ2) is 12.0. The standard InChI is InChI=1S/C38H47N3O3S/c1-4-5-9-25-12-15-32-36(25,2)20-18-33-37(3)19-17-27(22-26(37)16-21-38(32,33)43)44-34(42)24-39-35-40-30-14-13-29(23-31(30)41-35)45-28-10-7-6-8-11-28/h4-8,10-11,13-14,16,21,23,25-27,32-33,43H,9,12,15,17-20,22,24H2,1-3H3,(H2,39,40,41)/b5-4+/t25?,26?,27?,32?,33-,36?,37?,38+/m1/s1. The predicted octanol–water partition coefficient (Wildman–Crippen LogP) is 8.55. The summed E-state index contributed by atoms with van der Waals surface area (Å²) in [5.74, 6) is 1.86. The van der Waals surface area contributed by atoms with Crippen LogP contribution in [-0.4, -0.2) is 39.3 Å². The quantitative estimate of drug-likeness (QED) is 0.172. The van der Waals surface area contributed by atoms with Crippen molar-refractivity contribution in [2.45, 2.75) is 93.6 Å². The van der Waals surface area contributed by atoms with Crippen LogP contribution in [-0.2, 0) is 9.53 Å². The van der Waals surface area contributed by atoms with Crippen LogP contribution in [0.5, 0.6) is 0 Å². The van der Waals surface area contributed by atoms with Crippen molar-refractivity contribution in [2.75, 3.05) is 11.9 Å². The van der Waals surface area contributed by atoms with Gasteiger partial charge in [0.05, 0.1) is 16.6 Å². The fraction of sp³-hybridized carbons (Fsp3) is 0.526. The van der Waals surface area contributed by atoms with E-state index in [-0.39, 0.29) is 35.4 Å². The highest BCUT2D eigenvalue weighted by Gasteiger charge is 2.65. The minimum atomic E-state index is -0.732. The summed E-state index contributed by atoms with van der Waals surface area (Å²) in [4.78, 5) is 23.2. The molecule has 0 bridgehead atoms. The number of imidazole rings is 1. The van der Waals surface area contributed by atoms with Crippen LogP contribution in [0.1, 0.15) is 72.1 Å². The van der Waals surface area contributed by atoms with Gasteiger partial charge in [0, 0.05) is 9.79 Å². The molecule has 8 atom stereocenters. The number of aliphatic hydroxyl groups is 1. The van der Waals surface area contributed by atoms with Crippen LogP contribution in [0.25, 0.3) is 11.0 Å². The third-order valence-electron chi connectivity index (χ3n) is 12.2. The lowest BCUT2D eigenvalue weighted by atomic mass is 9.45. The molecule has 0 radical (unpaired) electrons. The summed E-state index contributed by atoms with van der Waals surface area (Å²) in [6.45, 7) is 7.03. The van der Waals surface area contributed by atoms with E-state index >= 15 is 0 Å². The summed E-state index contributed by atoms with van der Waals surface area (Å²) in [5.41, 5.74) is 1.27. The summed E-state index contributed by atoms with van der Waals surface area (Å²) in [5, 5.41) is 15.5. The number of esters is 1. The highest BCUT2D eigenvalue weighted by molar-refractivity contribution is 7.99. The number of hydrogen-bond acceptors (Lipinski definition) is 6. The van der Waals surface area contributed by atoms with Crippen molar-refractivity contribution >= 4 is 34.7 Å². The molecule has 0 saturated heterocycles. The van der Waals surface area contributed by atoms with E-state index in [1.807, 2.05) is 24.3 Å². The number of hydrogen-bond donors (Lipinski definition) is 3. The van der Waals surface area contributed by atoms with Crippen LogP contribution in [0.4, 0.5) is 5.95 Å². The molecule has 7 heteroatoms. The maximum absolute atomic E-state index is 12.9. The average Bonchev–Trinajstić information content (AvgIpc) is 3.60. The van der Waals surface area contributed by atoms with Crippen molar-refractivity contribution in [3.8, 4) is 0 Å². The Hall–Kier alpha value is -3.03. The summed E-state index contributed by atoms with van der Waals surface area (Å²) >= 11 is 1.71. The van der Waals surface area contributed by atoms with Gasteiger partial charge in [0.25, 0.3) is 0 Å². The zero-order valence-corrected chi connectivity index (χ0v) is 27.6. The van der Waals surface area contributed by atoms with Crippen LogP contribution in [0.2, 0.25) is 0 Å². The molecule has 6 unspecified atom stereocenters. The number of carbonyl (C=O) groups is 1. The Morgan fingerprint density at radius 1 is 1.07 bits per heavy atom. The first-order valence-corrected chi connectivity index (χ1v) is 17.7. The normalized spacial score (nSPS) is 35.6. The molecule has 3 aromatic rings. The first kappa shape index (κ1) is 30.6. The molecule has 238 valence electrons. The minimum absolute atomic E-state index is 0.0271. The van der Waals surface area contributed by atoms with E-state index in [2.05, 4.69) is 84.6 Å². The van der Waals surface area contributed by atoms with Crippen molar-refractivity contribution in [1.82, 2.24) is 9.97 Å². The molecular formula is C38H47N3O3S. The number of rotatable bonds is 8. The molecule has 6 nitrogen and oxygen atoms in total. The molecule has 3 N–H and O–H groups in total. The number of nitrogens with one attached hydrogen (secondary N) is 2. The molecule has 2 aromatic carbocycles. The number of benzene rings is 2. The van der Waals surface area contributed by atoms with Gasteiger partial charge in [-0.15, -0.1) is 0 Å². The fourth-order valence-corrected chi connectivity index (χ4v) is 10.6. The summed E-state index contributed by atoms with van der Waals surface area (Å²) in [7, 11) is 0. The topological polar surface area (TPSA) is 87.2 Å². The number of allylic oxidation sites excluding steroid dienone is 3. The third-order valence-corrected chi connectivity index (χ3v) is 13.2. The summed E-state index contributed by atoms with van der Waals surface area (Å²) in [6, 6.07) is 16.4. The van der Waals surface area contributed by atoms with Crippen LogP contribution >= 0.6 is 11.8 Å². The molecular weight excluding hydrogens is 579 g/mol. The van der Waals surface area contributed by atoms with Gasteiger partial charge < -0.3 is 20.1 Å². The summed E-state index contributed by atoms with van der Waals surface area (Å²) in [6.07, 6.45) is 17.2. The average molecular weight is 626 g/mol. The molecule has 4 aliphatic carbocycles. The van der Waals surface area contributed by atoms with E-state index in [0.29, 0.717) is 23.7 Å². The van der Waals surface area contributed by atoms with E-state index in [0.717, 1.165) is 54.5 Å². The highest BCUT2D eigenvalue weighted by Crippen LogP contribution is 2.67. The Morgan fingerprint density at radius 2 is 1.87 bits per heavy atom. The number of ether oxygens (including phenoxy) is 1. The Labute approximate surface area is 271 Å². The van der Waals surface area contributed by atoms with E-state index in [4.69, 9.17) is 4.74 Å². The van der Waals surface area contributed by atoms with Crippen LogP contribution in [0.3, 0.4) is 0 Å². The number of aromatic amines is 1. The van der Waals surface area contributed by atoms with Gasteiger partial charge in [0.15, 0.2) is 0 Å². The van der Waals surface area contributed by atoms with Gasteiger partial charge in [-0.05, 0) is 123 Å². The lowest BCUT2D eigenvalue weighted by Crippen LogP contribution is -2.62. The molecule has 1 aromatic heterocycles. The number of H-pyrrole nitrogens is 1. The van der Waals surface area contributed by atoms with Gasteiger partial charge in [0.2, 0.25) is 5.95 Å². The molecule has 3 saturated carbocycles. The largest absolute Gasteiger partial charge is 0.461 e. The van der Waals surface area contributed by atoms with Crippen molar-refractivity contribution in [1.29, 1.82) is 0 Å². The molecule has 0 amide bonds. The molecule has 7 rings (SSSR count). The van der Waals surface area contributed by atoms with Gasteiger partial charge >= 0.3 is 5.97 Å². The van der Waals surface area contributed by atoms with Crippen LogP contribution in [0.15, 0.2) is 82.6 Å². The van der Waals surface area contributed by atoms with Crippen LogP contribution in [0, 0.1) is 34.5 Å². The lowest BCUT2D eigenvalue weighted by molar-refractivity contribution is -0.180. The number of carbonyl (C=O) groups excluding carboxylic acids is 1. The minimum Gasteiger partial charge on any atom is -0.461 e. The molecule has 45 heavy (non-hydrogen) atoms. The van der Waals surface area contributed by atoms with Gasteiger partial charge in [-0.1, -0.05) is 68.1 Å². The third kappa shape index (κ3) is 5.54. The summed E-state index contributed by atoms with van der Waals surface area (Å²) < 4.78 is 6.02. The highest BCUT2D eigenvalue weighted by atomic mass is 32.2. The Kier molecular flexibility index (Phi) is 8.14. The molecule has 4 aliphatic rings. The Morgan fingerprint density at radius 3 is 2.69 bits per heavy atom. The van der Waals surface area contributed by atoms with Crippen LogP contribution < -0.4 is 5.32 Å². The first-order valence-electron chi connectivity index (χ1n) is 16.9. The van der Waals surface area contributed by atoms with E-state index in [1.165, 1.54) is 17.7 Å². The van der Waals surface area contributed by atoms with E-state index in [1.54, 1.807) is 11.8 Å². The van der Waals surface area contributed by atoms with Crippen molar-refractivity contribution in [2.24, 2.45) is 34.5 Å². The Balaban J connectivity index is 0.961. The zero-order valence-electron chi connectivity index (χ0n) is 26.8. The SMILES string of the molecule is C/C=C/CC1CCC2C1(C)CC[C@@H]1C3(C)CCC(OC(=O)CNc4nc5ccc(Sc6ccccc6)cc5[nH]4)CC3C=C[C@]21O.